The Kier molecular flexibility index (Phi) is 2.12. The summed E-state index contributed by atoms with van der Waals surface area (Å²) < 4.78 is 5.02. The normalized spacial score (nSPS) is 24.0. The highest BCUT2D eigenvalue weighted by Gasteiger charge is 1.92. The summed E-state index contributed by atoms with van der Waals surface area (Å²) in [6.45, 7) is 2.53. The lowest BCUT2D eigenvalue weighted by Crippen LogP contribution is -2.31. The maximum absolute atomic E-state index is 5.02. The van der Waals surface area contributed by atoms with Crippen LogP contribution >= 0.6 is 0 Å². The van der Waals surface area contributed by atoms with Crippen LogP contribution in [0.5, 0.6) is 0 Å². The third-order valence-electron chi connectivity index (χ3n) is 0.890. The summed E-state index contributed by atoms with van der Waals surface area (Å²) in [5.41, 5.74) is 5.85. The zero-order valence-corrected chi connectivity index (χ0v) is 4.24. The Labute approximate surface area is 43.0 Å². The first kappa shape index (κ1) is 5.03. The summed E-state index contributed by atoms with van der Waals surface area (Å²) >= 11 is 0. The highest BCUT2D eigenvalue weighted by atomic mass is 16.5. The number of hydrazine groups is 1. The van der Waals surface area contributed by atoms with E-state index in [1.165, 1.54) is 0 Å². The lowest BCUT2D eigenvalue weighted by atomic mass is 10.5. The van der Waals surface area contributed by atoms with Gasteiger partial charge in [-0.1, -0.05) is 0 Å². The fourth-order valence-electron chi connectivity index (χ4n) is 0.525. The number of rotatable bonds is 0. The Morgan fingerprint density at radius 1 is 1.29 bits per heavy atom. The maximum Gasteiger partial charge on any atom is 0.109 e. The van der Waals surface area contributed by atoms with Gasteiger partial charge in [-0.05, 0) is 6.42 Å². The van der Waals surface area contributed by atoms with Gasteiger partial charge in [-0.2, -0.15) is 0 Å². The molecule has 3 nitrogen and oxygen atoms in total. The Morgan fingerprint density at radius 3 is 3.29 bits per heavy atom. The van der Waals surface area contributed by atoms with Gasteiger partial charge in [-0.3, -0.25) is 5.43 Å². The zero-order chi connectivity index (χ0) is 4.95. The molecule has 2 N–H and O–H groups in total. The summed E-state index contributed by atoms with van der Waals surface area (Å²) in [7, 11) is 0. The molecule has 42 valence electrons. The Hall–Kier alpha value is -0.120. The molecule has 0 spiro atoms. The molecule has 1 fully saturated rings. The van der Waals surface area contributed by atoms with Gasteiger partial charge in [0.05, 0.1) is 0 Å². The number of ether oxygens (including phenoxy) is 1. The van der Waals surface area contributed by atoms with Crippen molar-refractivity contribution < 1.29 is 4.74 Å². The average Bonchev–Trinajstić information content (AvgIpc) is 1.90. The molecule has 0 saturated carbocycles. The summed E-state index contributed by atoms with van der Waals surface area (Å²) in [5, 5.41) is 0. The Bertz CT molecular complexity index is 29.3. The maximum atomic E-state index is 5.02. The largest absolute Gasteiger partial charge is 0.365 e. The fourth-order valence-corrected chi connectivity index (χ4v) is 0.525. The predicted octanol–water partition coefficient (Wildman–Crippen LogP) is -0.542. The smallest absolute Gasteiger partial charge is 0.109 e. The molecular formula is C4H10N2O. The van der Waals surface area contributed by atoms with Crippen LogP contribution in [-0.2, 0) is 4.74 Å². The van der Waals surface area contributed by atoms with Crippen LogP contribution in [0.25, 0.3) is 0 Å². The molecule has 0 aromatic rings. The van der Waals surface area contributed by atoms with Crippen LogP contribution in [0.3, 0.4) is 0 Å². The molecule has 0 aromatic heterocycles. The molecule has 1 aliphatic rings. The van der Waals surface area contributed by atoms with Crippen LogP contribution in [0.15, 0.2) is 0 Å². The molecule has 0 bridgehead atoms. The lowest BCUT2D eigenvalue weighted by molar-refractivity contribution is 0.127. The highest BCUT2D eigenvalue weighted by molar-refractivity contribution is 4.42. The molecular weight excluding hydrogens is 92.1 g/mol. The van der Waals surface area contributed by atoms with Gasteiger partial charge < -0.3 is 4.74 Å². The number of hydrogen-bond acceptors (Lipinski definition) is 3. The number of hydrogen-bond donors (Lipinski definition) is 2. The minimum atomic E-state index is 0.639. The molecule has 1 heterocycles. The summed E-state index contributed by atoms with van der Waals surface area (Å²) in [4.78, 5) is 0. The van der Waals surface area contributed by atoms with Crippen molar-refractivity contribution in [2.24, 2.45) is 0 Å². The molecule has 0 radical (unpaired) electrons. The van der Waals surface area contributed by atoms with Crippen molar-refractivity contribution in [3.05, 3.63) is 0 Å². The first-order chi connectivity index (χ1) is 3.50. The minimum absolute atomic E-state index is 0.639. The summed E-state index contributed by atoms with van der Waals surface area (Å²) in [6, 6.07) is 0. The third kappa shape index (κ3) is 1.87. The van der Waals surface area contributed by atoms with E-state index in [2.05, 4.69) is 10.9 Å². The van der Waals surface area contributed by atoms with Crippen LogP contribution in [0, 0.1) is 0 Å². The predicted molar refractivity (Wildman–Crippen MR) is 26.6 cm³/mol. The molecule has 0 amide bonds. The zero-order valence-electron chi connectivity index (χ0n) is 4.24. The van der Waals surface area contributed by atoms with Crippen molar-refractivity contribution >= 4 is 0 Å². The second-order valence-corrected chi connectivity index (χ2v) is 1.51. The van der Waals surface area contributed by atoms with Crippen LogP contribution in [-0.4, -0.2) is 19.9 Å². The van der Waals surface area contributed by atoms with Crippen molar-refractivity contribution in [3.8, 4) is 0 Å². The second-order valence-electron chi connectivity index (χ2n) is 1.51. The van der Waals surface area contributed by atoms with Crippen molar-refractivity contribution in [1.29, 1.82) is 0 Å². The molecule has 0 aliphatic carbocycles. The van der Waals surface area contributed by atoms with E-state index in [4.69, 9.17) is 4.74 Å². The third-order valence-corrected chi connectivity index (χ3v) is 0.890. The Balaban J connectivity index is 2.04. The van der Waals surface area contributed by atoms with Crippen molar-refractivity contribution in [2.45, 2.75) is 6.42 Å². The van der Waals surface area contributed by atoms with Crippen molar-refractivity contribution in [1.82, 2.24) is 10.9 Å². The summed E-state index contributed by atoms with van der Waals surface area (Å²) in [6.07, 6.45) is 1.10. The molecule has 3 heteroatoms. The van der Waals surface area contributed by atoms with E-state index < -0.39 is 0 Å². The van der Waals surface area contributed by atoms with Gasteiger partial charge in [0, 0.05) is 13.2 Å². The molecule has 7 heavy (non-hydrogen) atoms. The van der Waals surface area contributed by atoms with Gasteiger partial charge in [0.25, 0.3) is 0 Å². The van der Waals surface area contributed by atoms with Crippen LogP contribution < -0.4 is 10.9 Å². The van der Waals surface area contributed by atoms with Gasteiger partial charge in [0.1, 0.15) is 6.73 Å². The SMILES string of the molecule is C1CNNCOC1. The van der Waals surface area contributed by atoms with Crippen LogP contribution in [0.4, 0.5) is 0 Å². The topological polar surface area (TPSA) is 33.3 Å². The molecule has 0 unspecified atom stereocenters. The lowest BCUT2D eigenvalue weighted by Gasteiger charge is -1.95. The van der Waals surface area contributed by atoms with E-state index in [1.54, 1.807) is 0 Å². The molecule has 0 atom stereocenters. The highest BCUT2D eigenvalue weighted by Crippen LogP contribution is 1.80. The van der Waals surface area contributed by atoms with Gasteiger partial charge >= 0.3 is 0 Å². The van der Waals surface area contributed by atoms with Crippen LogP contribution in [0.2, 0.25) is 0 Å². The molecule has 1 saturated heterocycles. The van der Waals surface area contributed by atoms with Gasteiger partial charge in [-0.15, -0.1) is 0 Å². The minimum Gasteiger partial charge on any atom is -0.365 e. The van der Waals surface area contributed by atoms with Gasteiger partial charge in [0.15, 0.2) is 0 Å². The molecule has 1 rings (SSSR count). The van der Waals surface area contributed by atoms with Crippen LogP contribution in [0.1, 0.15) is 6.42 Å². The average molecular weight is 102 g/mol. The summed E-state index contributed by atoms with van der Waals surface area (Å²) in [5.74, 6) is 0. The van der Waals surface area contributed by atoms with Gasteiger partial charge in [-0.25, -0.2) is 5.43 Å². The Morgan fingerprint density at radius 2 is 2.29 bits per heavy atom. The molecule has 1 aliphatic heterocycles. The number of nitrogens with one attached hydrogen (secondary N) is 2. The first-order valence-corrected chi connectivity index (χ1v) is 2.53. The van der Waals surface area contributed by atoms with E-state index in [-0.39, 0.29) is 0 Å². The van der Waals surface area contributed by atoms with E-state index >= 15 is 0 Å². The van der Waals surface area contributed by atoms with Crippen molar-refractivity contribution in [3.63, 3.8) is 0 Å². The monoisotopic (exact) mass is 102 g/mol. The van der Waals surface area contributed by atoms with E-state index in [0.29, 0.717) is 6.73 Å². The van der Waals surface area contributed by atoms with E-state index in [0.717, 1.165) is 19.6 Å². The van der Waals surface area contributed by atoms with Crippen molar-refractivity contribution in [2.75, 3.05) is 19.9 Å². The van der Waals surface area contributed by atoms with Gasteiger partial charge in [0.2, 0.25) is 0 Å². The standard InChI is InChI=1S/C4H10N2O/c1-2-5-6-4-7-3-1/h5-6H,1-4H2. The second kappa shape index (κ2) is 2.96. The van der Waals surface area contributed by atoms with E-state index in [9.17, 15) is 0 Å². The first-order valence-electron chi connectivity index (χ1n) is 2.53. The van der Waals surface area contributed by atoms with E-state index in [1.807, 2.05) is 0 Å². The fraction of sp³-hybridized carbons (Fsp3) is 1.00. The quantitative estimate of drug-likeness (QED) is 0.431. The molecule has 0 aromatic carbocycles.